The maximum absolute atomic E-state index is 6.40. The summed E-state index contributed by atoms with van der Waals surface area (Å²) >= 11 is 0. The van der Waals surface area contributed by atoms with Crippen LogP contribution >= 0.6 is 0 Å². The van der Waals surface area contributed by atoms with Gasteiger partial charge in [0.25, 0.3) is 0 Å². The van der Waals surface area contributed by atoms with Gasteiger partial charge in [0.1, 0.15) is 11.2 Å². The Labute approximate surface area is 287 Å². The van der Waals surface area contributed by atoms with E-state index in [1.807, 2.05) is 54.6 Å². The van der Waals surface area contributed by atoms with Crippen LogP contribution in [0.3, 0.4) is 0 Å². The van der Waals surface area contributed by atoms with Gasteiger partial charge in [-0.25, -0.2) is 15.0 Å². The zero-order valence-corrected chi connectivity index (χ0v) is 26.9. The summed E-state index contributed by atoms with van der Waals surface area (Å²) in [4.78, 5) is 15.4. The molecule has 234 valence electrons. The van der Waals surface area contributed by atoms with Gasteiger partial charge >= 0.3 is 0 Å². The minimum absolute atomic E-state index is 0.601. The van der Waals surface area contributed by atoms with E-state index in [4.69, 9.17) is 19.4 Å². The van der Waals surface area contributed by atoms with Gasteiger partial charge in [-0.2, -0.15) is 0 Å². The Kier molecular flexibility index (Phi) is 6.42. The van der Waals surface area contributed by atoms with E-state index in [1.165, 1.54) is 10.8 Å². The van der Waals surface area contributed by atoms with E-state index in [0.717, 1.165) is 66.5 Å². The number of hydrogen-bond acceptors (Lipinski definition) is 4. The fraction of sp³-hybridized carbons (Fsp3) is 0. The largest absolute Gasteiger partial charge is 0.455 e. The first-order valence-corrected chi connectivity index (χ1v) is 16.7. The number of furan rings is 1. The first kappa shape index (κ1) is 28.2. The predicted molar refractivity (Wildman–Crippen MR) is 203 cm³/mol. The smallest absolute Gasteiger partial charge is 0.166 e. The molecular weight excluding hydrogens is 613 g/mol. The fourth-order valence-electron chi connectivity index (χ4n) is 7.18. The van der Waals surface area contributed by atoms with Gasteiger partial charge in [-0.1, -0.05) is 133 Å². The van der Waals surface area contributed by atoms with Crippen LogP contribution in [-0.4, -0.2) is 19.5 Å². The summed E-state index contributed by atoms with van der Waals surface area (Å²) in [7, 11) is 0. The van der Waals surface area contributed by atoms with Crippen molar-refractivity contribution in [1.82, 2.24) is 19.5 Å². The molecule has 0 amide bonds. The third-order valence-corrected chi connectivity index (χ3v) is 9.47. The van der Waals surface area contributed by atoms with E-state index in [0.29, 0.717) is 17.5 Å². The summed E-state index contributed by atoms with van der Waals surface area (Å²) in [5.74, 6) is 1.83. The molecule has 0 aliphatic rings. The lowest BCUT2D eigenvalue weighted by Crippen LogP contribution is -2.03. The van der Waals surface area contributed by atoms with Gasteiger partial charge in [-0.05, 0) is 42.0 Å². The monoisotopic (exact) mass is 640 g/mol. The van der Waals surface area contributed by atoms with E-state index in [-0.39, 0.29) is 0 Å². The highest BCUT2D eigenvalue weighted by Gasteiger charge is 2.19. The number of nitrogens with zero attached hydrogens (tertiary/aromatic N) is 4. The lowest BCUT2D eigenvalue weighted by Gasteiger charge is -2.14. The molecule has 0 unspecified atom stereocenters. The maximum Gasteiger partial charge on any atom is 0.166 e. The lowest BCUT2D eigenvalue weighted by atomic mass is 10.00. The second kappa shape index (κ2) is 11.4. The Balaban J connectivity index is 1.18. The van der Waals surface area contributed by atoms with Crippen LogP contribution < -0.4 is 0 Å². The van der Waals surface area contributed by atoms with Crippen molar-refractivity contribution in [3.63, 3.8) is 0 Å². The Bertz CT molecular complexity index is 2830. The molecule has 0 saturated carbocycles. The molecule has 5 nitrogen and oxygen atoms in total. The molecule has 0 saturated heterocycles. The Hall–Kier alpha value is -6.85. The van der Waals surface area contributed by atoms with E-state index >= 15 is 0 Å². The summed E-state index contributed by atoms with van der Waals surface area (Å²) in [6.45, 7) is 0. The maximum atomic E-state index is 6.40. The van der Waals surface area contributed by atoms with Crippen LogP contribution in [0.2, 0.25) is 0 Å². The molecule has 0 aliphatic carbocycles. The molecule has 0 bridgehead atoms. The molecular formula is C45H28N4O. The number of rotatable bonds is 5. The number of aromatic nitrogens is 4. The normalized spacial score (nSPS) is 11.6. The zero-order chi connectivity index (χ0) is 33.0. The summed E-state index contributed by atoms with van der Waals surface area (Å²) in [5.41, 5.74) is 9.80. The highest BCUT2D eigenvalue weighted by atomic mass is 16.3. The number of para-hydroxylation sites is 5. The second-order valence-corrected chi connectivity index (χ2v) is 12.4. The highest BCUT2D eigenvalue weighted by molar-refractivity contribution is 6.10. The quantitative estimate of drug-likeness (QED) is 0.188. The summed E-state index contributed by atoms with van der Waals surface area (Å²) in [6.07, 6.45) is 0. The number of hydrogen-bond donors (Lipinski definition) is 0. The van der Waals surface area contributed by atoms with Crippen LogP contribution in [0.15, 0.2) is 174 Å². The molecule has 7 aromatic carbocycles. The molecule has 0 spiro atoms. The van der Waals surface area contributed by atoms with Crippen molar-refractivity contribution in [3.8, 4) is 51.0 Å². The van der Waals surface area contributed by atoms with E-state index in [2.05, 4.69) is 120 Å². The molecule has 0 aliphatic heterocycles. The molecule has 50 heavy (non-hydrogen) atoms. The van der Waals surface area contributed by atoms with Crippen molar-refractivity contribution in [3.05, 3.63) is 170 Å². The van der Waals surface area contributed by atoms with Crippen LogP contribution in [0.25, 0.3) is 94.7 Å². The standard InChI is InChI=1S/C45H28N4O/c1-2-14-29(15-3-1)43-46-44(31-17-12-16-30(28-31)32-22-13-23-36-35-20-7-11-27-41(35)50-42(32)36)48-45(47-43)37-21-6-10-26-40(37)49-38-24-8-4-18-33(38)34-19-5-9-25-39(34)49/h1-28H. The average molecular weight is 641 g/mol. The highest BCUT2D eigenvalue weighted by Crippen LogP contribution is 2.38. The third kappa shape index (κ3) is 4.52. The van der Waals surface area contributed by atoms with Crippen LogP contribution in [0.4, 0.5) is 0 Å². The topological polar surface area (TPSA) is 56.7 Å². The average Bonchev–Trinajstić information content (AvgIpc) is 3.74. The van der Waals surface area contributed by atoms with Crippen LogP contribution in [-0.2, 0) is 0 Å². The molecule has 0 radical (unpaired) electrons. The predicted octanol–water partition coefficient (Wildman–Crippen LogP) is 11.5. The van der Waals surface area contributed by atoms with Gasteiger partial charge in [0.05, 0.1) is 16.7 Å². The SMILES string of the molecule is c1ccc(-c2nc(-c3cccc(-c4cccc5c4oc4ccccc45)c3)nc(-c3ccccc3-n3c4ccccc4c4ccccc43)n2)cc1. The number of fused-ring (bicyclic) bond motifs is 6. The Morgan fingerprint density at radius 1 is 0.380 bits per heavy atom. The summed E-state index contributed by atoms with van der Waals surface area (Å²) in [6, 6.07) is 58.5. The van der Waals surface area contributed by atoms with Crippen LogP contribution in [0, 0.1) is 0 Å². The fourth-order valence-corrected chi connectivity index (χ4v) is 7.18. The minimum Gasteiger partial charge on any atom is -0.455 e. The van der Waals surface area contributed by atoms with Crippen molar-refractivity contribution in [2.24, 2.45) is 0 Å². The second-order valence-electron chi connectivity index (χ2n) is 12.4. The van der Waals surface area contributed by atoms with Gasteiger partial charge in [-0.3, -0.25) is 0 Å². The van der Waals surface area contributed by atoms with E-state index in [1.54, 1.807) is 0 Å². The van der Waals surface area contributed by atoms with Crippen molar-refractivity contribution >= 4 is 43.7 Å². The molecule has 3 aromatic heterocycles. The van der Waals surface area contributed by atoms with E-state index in [9.17, 15) is 0 Å². The molecule has 5 heteroatoms. The van der Waals surface area contributed by atoms with Gasteiger partial charge in [0.15, 0.2) is 17.5 Å². The molecule has 10 aromatic rings. The van der Waals surface area contributed by atoms with Gasteiger partial charge in [0.2, 0.25) is 0 Å². The van der Waals surface area contributed by atoms with Gasteiger partial charge in [0, 0.05) is 43.8 Å². The van der Waals surface area contributed by atoms with E-state index < -0.39 is 0 Å². The van der Waals surface area contributed by atoms with Gasteiger partial charge < -0.3 is 8.98 Å². The van der Waals surface area contributed by atoms with Gasteiger partial charge in [-0.15, -0.1) is 0 Å². The zero-order valence-electron chi connectivity index (χ0n) is 26.9. The Morgan fingerprint density at radius 3 is 1.72 bits per heavy atom. The Morgan fingerprint density at radius 2 is 0.920 bits per heavy atom. The van der Waals surface area contributed by atoms with Crippen molar-refractivity contribution in [2.75, 3.05) is 0 Å². The molecule has 0 N–H and O–H groups in total. The summed E-state index contributed by atoms with van der Waals surface area (Å²) < 4.78 is 8.72. The van der Waals surface area contributed by atoms with Crippen molar-refractivity contribution in [2.45, 2.75) is 0 Å². The van der Waals surface area contributed by atoms with Crippen LogP contribution in [0.5, 0.6) is 0 Å². The third-order valence-electron chi connectivity index (χ3n) is 9.47. The van der Waals surface area contributed by atoms with Crippen molar-refractivity contribution in [1.29, 1.82) is 0 Å². The lowest BCUT2D eigenvalue weighted by molar-refractivity contribution is 0.670. The molecule has 0 atom stereocenters. The van der Waals surface area contributed by atoms with Crippen LogP contribution in [0.1, 0.15) is 0 Å². The molecule has 10 rings (SSSR count). The first-order chi connectivity index (χ1) is 24.8. The minimum atomic E-state index is 0.601. The van der Waals surface area contributed by atoms with Crippen molar-refractivity contribution < 1.29 is 4.42 Å². The summed E-state index contributed by atoms with van der Waals surface area (Å²) in [5, 5.41) is 4.61. The molecule has 3 heterocycles. The number of benzene rings is 7. The molecule has 0 fully saturated rings. The first-order valence-electron chi connectivity index (χ1n) is 16.7.